The van der Waals surface area contributed by atoms with Crippen molar-refractivity contribution in [3.8, 4) is 11.3 Å². The van der Waals surface area contributed by atoms with Crippen molar-refractivity contribution in [2.24, 2.45) is 0 Å². The third-order valence-corrected chi connectivity index (χ3v) is 6.69. The number of hydrogen-bond donors (Lipinski definition) is 0. The van der Waals surface area contributed by atoms with Gasteiger partial charge in [-0.15, -0.1) is 0 Å². The number of fused-ring (bicyclic) bond motifs is 1. The Kier molecular flexibility index (Phi) is 5.05. The van der Waals surface area contributed by atoms with E-state index in [-0.39, 0.29) is 5.78 Å². The van der Waals surface area contributed by atoms with Crippen LogP contribution in [0.5, 0.6) is 0 Å². The Balaban J connectivity index is 1.36. The summed E-state index contributed by atoms with van der Waals surface area (Å²) in [5.41, 5.74) is 4.68. The fourth-order valence-corrected chi connectivity index (χ4v) is 5.11. The van der Waals surface area contributed by atoms with Gasteiger partial charge in [-0.3, -0.25) is 4.79 Å². The van der Waals surface area contributed by atoms with Crippen LogP contribution in [-0.2, 0) is 19.5 Å². The molecule has 3 aromatic rings. The Morgan fingerprint density at radius 2 is 1.69 bits per heavy atom. The van der Waals surface area contributed by atoms with Crippen LogP contribution in [0.3, 0.4) is 0 Å². The highest BCUT2D eigenvalue weighted by Gasteiger charge is 2.29. The Bertz CT molecular complexity index is 995. The molecule has 0 atom stereocenters. The average molecular weight is 386 g/mol. The molecular weight excluding hydrogens is 356 g/mol. The molecule has 1 fully saturated rings. The summed E-state index contributed by atoms with van der Waals surface area (Å²) < 4.78 is 4.56. The number of hydrogen-bond acceptors (Lipinski definition) is 1. The van der Waals surface area contributed by atoms with Crippen LogP contribution in [0.4, 0.5) is 0 Å². The topological polar surface area (TPSA) is 25.9 Å². The van der Waals surface area contributed by atoms with Gasteiger partial charge < -0.3 is 0 Å². The van der Waals surface area contributed by atoms with E-state index in [2.05, 4.69) is 51.7 Å². The smallest absolute Gasteiger partial charge is 0.257 e. The lowest BCUT2D eigenvalue weighted by molar-refractivity contribution is -0.689. The van der Waals surface area contributed by atoms with Crippen LogP contribution in [0.2, 0.25) is 0 Å². The van der Waals surface area contributed by atoms with Gasteiger partial charge in [-0.1, -0.05) is 73.9 Å². The van der Waals surface area contributed by atoms with E-state index >= 15 is 0 Å². The van der Waals surface area contributed by atoms with Crippen molar-refractivity contribution in [1.29, 1.82) is 0 Å². The zero-order chi connectivity index (χ0) is 19.6. The lowest BCUT2D eigenvalue weighted by atomic mass is 9.84. The first kappa shape index (κ1) is 18.4. The van der Waals surface area contributed by atoms with Gasteiger partial charge in [0.25, 0.3) is 5.82 Å². The zero-order valence-corrected chi connectivity index (χ0v) is 17.0. The van der Waals surface area contributed by atoms with Crippen LogP contribution >= 0.6 is 0 Å². The highest BCUT2D eigenvalue weighted by molar-refractivity contribution is 5.95. The minimum atomic E-state index is 0.199. The van der Waals surface area contributed by atoms with Gasteiger partial charge >= 0.3 is 0 Å². The van der Waals surface area contributed by atoms with Crippen LogP contribution in [0.1, 0.15) is 66.2 Å². The molecule has 2 aliphatic rings. The van der Waals surface area contributed by atoms with Gasteiger partial charge in [0, 0.05) is 11.1 Å². The summed E-state index contributed by atoms with van der Waals surface area (Å²) in [4.78, 5) is 13.0. The molecule has 0 amide bonds. The number of imidazole rings is 1. The molecule has 2 aromatic carbocycles. The van der Waals surface area contributed by atoms with Crippen molar-refractivity contribution in [2.75, 3.05) is 0 Å². The summed E-state index contributed by atoms with van der Waals surface area (Å²) in [6, 6.07) is 19.0. The Morgan fingerprint density at radius 1 is 0.931 bits per heavy atom. The molecule has 3 heteroatoms. The highest BCUT2D eigenvalue weighted by Crippen LogP contribution is 2.32. The van der Waals surface area contributed by atoms with Crippen LogP contribution in [0.15, 0.2) is 60.8 Å². The maximum absolute atomic E-state index is 13.0. The minimum absolute atomic E-state index is 0.199. The zero-order valence-electron chi connectivity index (χ0n) is 17.0. The molecule has 0 radical (unpaired) electrons. The molecule has 0 N–H and O–H groups in total. The van der Waals surface area contributed by atoms with E-state index in [1.807, 2.05) is 18.2 Å². The summed E-state index contributed by atoms with van der Waals surface area (Å²) in [5, 5.41) is 0. The fraction of sp³-hybridized carbons (Fsp3) is 0.385. The van der Waals surface area contributed by atoms with E-state index < -0.39 is 0 Å². The van der Waals surface area contributed by atoms with Gasteiger partial charge in [-0.05, 0) is 30.7 Å². The molecule has 1 aromatic heterocycles. The summed E-state index contributed by atoms with van der Waals surface area (Å²) in [5.74, 6) is 2.16. The molecule has 1 aliphatic heterocycles. The fourth-order valence-electron chi connectivity index (χ4n) is 5.11. The first-order valence-electron chi connectivity index (χ1n) is 11.1. The van der Waals surface area contributed by atoms with Gasteiger partial charge in [0.2, 0.25) is 5.78 Å². The number of Topliss-reactive ketones (excluding diaryl/α,β-unsaturated/α-hetero) is 1. The van der Waals surface area contributed by atoms with Crippen molar-refractivity contribution >= 4 is 5.78 Å². The Hall–Kier alpha value is -2.68. The van der Waals surface area contributed by atoms with Crippen LogP contribution < -0.4 is 4.57 Å². The summed E-state index contributed by atoms with van der Waals surface area (Å²) in [7, 11) is 0. The lowest BCUT2D eigenvalue weighted by Crippen LogP contribution is -2.40. The number of carbonyl (C=O) groups is 1. The largest absolute Gasteiger partial charge is 0.290 e. The summed E-state index contributed by atoms with van der Waals surface area (Å²) in [6.07, 6.45) is 11.0. The summed E-state index contributed by atoms with van der Waals surface area (Å²) >= 11 is 0. The maximum Gasteiger partial charge on any atom is 0.257 e. The molecule has 5 rings (SSSR count). The van der Waals surface area contributed by atoms with Gasteiger partial charge in [-0.2, -0.15) is 0 Å². The minimum Gasteiger partial charge on any atom is -0.290 e. The molecule has 1 aliphatic carbocycles. The molecule has 0 saturated heterocycles. The van der Waals surface area contributed by atoms with E-state index in [1.165, 1.54) is 54.7 Å². The molecule has 3 nitrogen and oxygen atoms in total. The van der Waals surface area contributed by atoms with Crippen LogP contribution in [0, 0.1) is 0 Å². The molecule has 0 unspecified atom stereocenters. The van der Waals surface area contributed by atoms with E-state index in [4.69, 9.17) is 0 Å². The van der Waals surface area contributed by atoms with Crippen molar-refractivity contribution in [2.45, 2.75) is 64.0 Å². The molecule has 0 bridgehead atoms. The highest BCUT2D eigenvalue weighted by atomic mass is 16.1. The number of carbonyl (C=O) groups excluding carboxylic acids is 1. The number of aromatic nitrogens is 2. The predicted molar refractivity (Wildman–Crippen MR) is 115 cm³/mol. The number of benzene rings is 2. The van der Waals surface area contributed by atoms with Crippen molar-refractivity contribution < 1.29 is 9.36 Å². The van der Waals surface area contributed by atoms with Crippen molar-refractivity contribution in [1.82, 2.24) is 4.57 Å². The van der Waals surface area contributed by atoms with Gasteiger partial charge in [0.05, 0.1) is 13.0 Å². The third kappa shape index (κ3) is 3.66. The first-order valence-corrected chi connectivity index (χ1v) is 11.1. The lowest BCUT2D eigenvalue weighted by Gasteiger charge is -2.21. The first-order chi connectivity index (χ1) is 14.3. The summed E-state index contributed by atoms with van der Waals surface area (Å²) in [6.45, 7) is 1.46. The molecule has 2 heterocycles. The second-order valence-electron chi connectivity index (χ2n) is 8.56. The number of ketones is 1. The molecule has 29 heavy (non-hydrogen) atoms. The maximum atomic E-state index is 13.0. The SMILES string of the molecule is O=C(C[n+]1cc(-c2ccccc2)n2c1CCC2)c1ccc(C2CCCCC2)cc1. The second kappa shape index (κ2) is 7.98. The molecule has 148 valence electrons. The molecular formula is C26H29N2O+. The Morgan fingerprint density at radius 3 is 2.45 bits per heavy atom. The van der Waals surface area contributed by atoms with Crippen molar-refractivity contribution in [3.05, 3.63) is 77.7 Å². The van der Waals surface area contributed by atoms with E-state index in [9.17, 15) is 4.79 Å². The average Bonchev–Trinajstić information content (AvgIpc) is 3.39. The van der Waals surface area contributed by atoms with Gasteiger partial charge in [-0.25, -0.2) is 9.13 Å². The number of rotatable bonds is 5. The van der Waals surface area contributed by atoms with Crippen LogP contribution in [0.25, 0.3) is 11.3 Å². The predicted octanol–water partition coefficient (Wildman–Crippen LogP) is 5.32. The van der Waals surface area contributed by atoms with E-state index in [0.717, 1.165) is 24.9 Å². The van der Waals surface area contributed by atoms with Gasteiger partial charge in [0.15, 0.2) is 12.2 Å². The third-order valence-electron chi connectivity index (χ3n) is 6.69. The second-order valence-corrected chi connectivity index (χ2v) is 8.56. The van der Waals surface area contributed by atoms with E-state index in [1.54, 1.807) is 0 Å². The van der Waals surface area contributed by atoms with E-state index in [0.29, 0.717) is 12.5 Å². The molecule has 0 spiro atoms. The quantitative estimate of drug-likeness (QED) is 0.431. The van der Waals surface area contributed by atoms with Gasteiger partial charge in [0.1, 0.15) is 6.20 Å². The monoisotopic (exact) mass is 385 g/mol. The standard InChI is InChI=1S/C26H29N2O/c29-25(23-15-13-21(14-16-23)20-8-3-1-4-9-20)19-27-18-24(22-10-5-2-6-11-22)28-17-7-12-26(27)28/h2,5-6,10-11,13-16,18,20H,1,3-4,7-9,12,17,19H2/q+1. The Labute approximate surface area is 173 Å². The number of nitrogens with zero attached hydrogens (tertiary/aromatic N) is 2. The van der Waals surface area contributed by atoms with Crippen molar-refractivity contribution in [3.63, 3.8) is 0 Å². The van der Waals surface area contributed by atoms with Crippen LogP contribution in [-0.4, -0.2) is 10.4 Å². The molecule has 1 saturated carbocycles. The normalized spacial score (nSPS) is 16.7.